The number of halogens is 3. The molecule has 0 saturated heterocycles. The molecule has 0 amide bonds. The van der Waals surface area contributed by atoms with Crippen LogP contribution in [0.4, 0.5) is 13.2 Å². The van der Waals surface area contributed by atoms with E-state index in [9.17, 15) is 21.6 Å². The zero-order valence-electron chi connectivity index (χ0n) is 8.39. The highest BCUT2D eigenvalue weighted by atomic mass is 32.2. The summed E-state index contributed by atoms with van der Waals surface area (Å²) in [6.45, 7) is 1.20. The quantitative estimate of drug-likeness (QED) is 0.644. The molecular weight excluding hydrogens is 233 g/mol. The maximum Gasteiger partial charge on any atom is 0.402 e. The second-order valence-electron chi connectivity index (χ2n) is 3.01. The van der Waals surface area contributed by atoms with Crippen LogP contribution >= 0.6 is 0 Å². The van der Waals surface area contributed by atoms with Gasteiger partial charge in [0.15, 0.2) is 0 Å². The Morgan fingerprint density at radius 1 is 1.20 bits per heavy atom. The van der Waals surface area contributed by atoms with Gasteiger partial charge in [-0.25, -0.2) is 13.1 Å². The van der Waals surface area contributed by atoms with Crippen molar-refractivity contribution in [2.75, 3.05) is 25.4 Å². The second-order valence-corrected chi connectivity index (χ2v) is 4.93. The molecule has 92 valence electrons. The van der Waals surface area contributed by atoms with Crippen LogP contribution in [-0.4, -0.2) is 40.0 Å². The topological polar surface area (TPSA) is 58.2 Å². The van der Waals surface area contributed by atoms with Gasteiger partial charge in [-0.2, -0.15) is 13.2 Å². The van der Waals surface area contributed by atoms with Crippen LogP contribution < -0.4 is 10.0 Å². The molecule has 0 unspecified atom stereocenters. The molecule has 0 spiro atoms. The Labute approximate surface area is 87.3 Å². The van der Waals surface area contributed by atoms with E-state index in [1.807, 2.05) is 6.92 Å². The Hall–Kier alpha value is -0.340. The maximum atomic E-state index is 11.7. The van der Waals surface area contributed by atoms with Crippen molar-refractivity contribution in [3.63, 3.8) is 0 Å². The van der Waals surface area contributed by atoms with E-state index in [2.05, 4.69) is 5.32 Å². The molecule has 0 aromatic carbocycles. The molecule has 0 fully saturated rings. The molecule has 15 heavy (non-hydrogen) atoms. The molecule has 0 aromatic rings. The van der Waals surface area contributed by atoms with Crippen molar-refractivity contribution in [1.29, 1.82) is 0 Å². The second kappa shape index (κ2) is 6.29. The molecular formula is C7H15F3N2O2S. The Morgan fingerprint density at radius 3 is 2.27 bits per heavy atom. The summed E-state index contributed by atoms with van der Waals surface area (Å²) in [5.74, 6) is -0.344. The molecule has 2 N–H and O–H groups in total. The number of hydrogen-bond acceptors (Lipinski definition) is 3. The SMILES string of the molecule is CCCNCCS(=O)(=O)NCC(F)(F)F. The normalized spacial score (nSPS) is 13.1. The average Bonchev–Trinajstić information content (AvgIpc) is 2.09. The van der Waals surface area contributed by atoms with Crippen molar-refractivity contribution >= 4 is 10.0 Å². The van der Waals surface area contributed by atoms with Crippen LogP contribution in [-0.2, 0) is 10.0 Å². The third kappa shape index (κ3) is 9.95. The highest BCUT2D eigenvalue weighted by molar-refractivity contribution is 7.89. The predicted molar refractivity (Wildman–Crippen MR) is 51.0 cm³/mol. The summed E-state index contributed by atoms with van der Waals surface area (Å²) in [6.07, 6.45) is -3.67. The molecule has 0 aliphatic carbocycles. The first kappa shape index (κ1) is 14.7. The van der Waals surface area contributed by atoms with Gasteiger partial charge in [0.1, 0.15) is 6.54 Å². The first-order chi connectivity index (χ1) is 6.77. The Balaban J connectivity index is 3.78. The van der Waals surface area contributed by atoms with Crippen molar-refractivity contribution in [2.45, 2.75) is 19.5 Å². The predicted octanol–water partition coefficient (Wildman–Crippen LogP) is 0.468. The van der Waals surface area contributed by atoms with E-state index in [4.69, 9.17) is 0 Å². The number of rotatable bonds is 7. The fourth-order valence-corrected chi connectivity index (χ4v) is 1.71. The Kier molecular flexibility index (Phi) is 6.15. The molecule has 8 heteroatoms. The summed E-state index contributed by atoms with van der Waals surface area (Å²) in [6, 6.07) is 0. The minimum absolute atomic E-state index is 0.154. The fraction of sp³-hybridized carbons (Fsp3) is 1.00. The summed E-state index contributed by atoms with van der Waals surface area (Å²) in [7, 11) is -3.83. The molecule has 0 aliphatic rings. The number of hydrogen-bond donors (Lipinski definition) is 2. The molecule has 0 atom stereocenters. The van der Waals surface area contributed by atoms with Gasteiger partial charge in [0.25, 0.3) is 0 Å². The van der Waals surface area contributed by atoms with Crippen molar-refractivity contribution in [1.82, 2.24) is 10.0 Å². The zero-order valence-corrected chi connectivity index (χ0v) is 9.21. The molecule has 0 saturated carbocycles. The van der Waals surface area contributed by atoms with Gasteiger partial charge in [0.05, 0.1) is 5.75 Å². The molecule has 0 aromatic heterocycles. The summed E-state index contributed by atoms with van der Waals surface area (Å²) in [5.41, 5.74) is 0. The number of alkyl halides is 3. The van der Waals surface area contributed by atoms with E-state index >= 15 is 0 Å². The van der Waals surface area contributed by atoms with E-state index < -0.39 is 22.7 Å². The lowest BCUT2D eigenvalue weighted by Crippen LogP contribution is -2.37. The maximum absolute atomic E-state index is 11.7. The third-order valence-corrected chi connectivity index (χ3v) is 2.79. The molecule has 0 radical (unpaired) electrons. The van der Waals surface area contributed by atoms with Crippen LogP contribution in [0.25, 0.3) is 0 Å². The first-order valence-electron chi connectivity index (χ1n) is 4.51. The van der Waals surface area contributed by atoms with Gasteiger partial charge in [0, 0.05) is 6.54 Å². The number of sulfonamides is 1. The highest BCUT2D eigenvalue weighted by Crippen LogP contribution is 2.12. The smallest absolute Gasteiger partial charge is 0.316 e. The van der Waals surface area contributed by atoms with E-state index in [-0.39, 0.29) is 12.3 Å². The van der Waals surface area contributed by atoms with Crippen LogP contribution in [0.1, 0.15) is 13.3 Å². The van der Waals surface area contributed by atoms with Crippen molar-refractivity contribution in [3.05, 3.63) is 0 Å². The van der Waals surface area contributed by atoms with Crippen LogP contribution in [0.3, 0.4) is 0 Å². The van der Waals surface area contributed by atoms with Gasteiger partial charge in [-0.1, -0.05) is 6.92 Å². The Morgan fingerprint density at radius 2 is 1.80 bits per heavy atom. The Bertz CT molecular complexity index is 264. The minimum atomic E-state index is -4.51. The summed E-state index contributed by atoms with van der Waals surface area (Å²) in [4.78, 5) is 0. The van der Waals surface area contributed by atoms with Gasteiger partial charge in [0.2, 0.25) is 10.0 Å². The largest absolute Gasteiger partial charge is 0.402 e. The molecule has 4 nitrogen and oxygen atoms in total. The molecule has 0 bridgehead atoms. The summed E-state index contributed by atoms with van der Waals surface area (Å²) >= 11 is 0. The number of nitrogens with one attached hydrogen (secondary N) is 2. The molecule has 0 aliphatic heterocycles. The van der Waals surface area contributed by atoms with E-state index in [0.717, 1.165) is 6.42 Å². The third-order valence-electron chi connectivity index (χ3n) is 1.47. The van der Waals surface area contributed by atoms with Gasteiger partial charge in [-0.05, 0) is 13.0 Å². The van der Waals surface area contributed by atoms with Gasteiger partial charge in [-0.3, -0.25) is 0 Å². The van der Waals surface area contributed by atoms with Crippen LogP contribution in [0, 0.1) is 0 Å². The van der Waals surface area contributed by atoms with E-state index in [1.54, 1.807) is 0 Å². The monoisotopic (exact) mass is 248 g/mol. The zero-order chi connectivity index (χ0) is 11.9. The van der Waals surface area contributed by atoms with Crippen LogP contribution in [0.2, 0.25) is 0 Å². The van der Waals surface area contributed by atoms with Crippen molar-refractivity contribution < 1.29 is 21.6 Å². The van der Waals surface area contributed by atoms with Gasteiger partial charge < -0.3 is 5.32 Å². The van der Waals surface area contributed by atoms with Gasteiger partial charge >= 0.3 is 6.18 Å². The standard InChI is InChI=1S/C7H15F3N2O2S/c1-2-3-11-4-5-15(13,14)12-6-7(8,9)10/h11-12H,2-6H2,1H3. The van der Waals surface area contributed by atoms with Crippen LogP contribution in [0.5, 0.6) is 0 Å². The van der Waals surface area contributed by atoms with Gasteiger partial charge in [-0.15, -0.1) is 0 Å². The fourth-order valence-electron chi connectivity index (χ4n) is 0.772. The first-order valence-corrected chi connectivity index (χ1v) is 6.17. The lowest BCUT2D eigenvalue weighted by atomic mass is 10.5. The lowest BCUT2D eigenvalue weighted by Gasteiger charge is -2.09. The summed E-state index contributed by atoms with van der Waals surface area (Å²) < 4.78 is 58.5. The van der Waals surface area contributed by atoms with E-state index in [0.29, 0.717) is 6.54 Å². The van der Waals surface area contributed by atoms with E-state index in [1.165, 1.54) is 4.72 Å². The highest BCUT2D eigenvalue weighted by Gasteiger charge is 2.29. The summed E-state index contributed by atoms with van der Waals surface area (Å²) in [5, 5.41) is 2.79. The lowest BCUT2D eigenvalue weighted by molar-refractivity contribution is -0.121. The minimum Gasteiger partial charge on any atom is -0.316 e. The van der Waals surface area contributed by atoms with Crippen molar-refractivity contribution in [3.8, 4) is 0 Å². The molecule has 0 heterocycles. The molecule has 0 rings (SSSR count). The van der Waals surface area contributed by atoms with Crippen molar-refractivity contribution in [2.24, 2.45) is 0 Å². The average molecular weight is 248 g/mol. The van der Waals surface area contributed by atoms with Crippen LogP contribution in [0.15, 0.2) is 0 Å².